The monoisotopic (exact) mass is 299 g/mol. The second-order valence-electron chi connectivity index (χ2n) is 5.05. The van der Waals surface area contributed by atoms with Crippen molar-refractivity contribution in [3.05, 3.63) is 18.2 Å². The maximum absolute atomic E-state index is 11.7. The number of nitrogens with one attached hydrogen (secondary N) is 2. The third-order valence-corrected chi connectivity index (χ3v) is 5.31. The van der Waals surface area contributed by atoms with E-state index in [0.29, 0.717) is 12.2 Å². The van der Waals surface area contributed by atoms with Crippen LogP contribution in [-0.4, -0.2) is 34.7 Å². The minimum absolute atomic E-state index is 0.109. The largest absolute Gasteiger partial charge is 0.397 e. The van der Waals surface area contributed by atoms with E-state index in [2.05, 4.69) is 10.0 Å². The van der Waals surface area contributed by atoms with Crippen molar-refractivity contribution in [3.63, 3.8) is 0 Å². The third kappa shape index (κ3) is 2.89. The summed E-state index contributed by atoms with van der Waals surface area (Å²) in [5, 5.41) is 3.24. The molecule has 1 aliphatic carbocycles. The highest BCUT2D eigenvalue weighted by atomic mass is 32.2. The zero-order chi connectivity index (χ0) is 14.8. The molecule has 0 saturated heterocycles. The van der Waals surface area contributed by atoms with Gasteiger partial charge < -0.3 is 15.8 Å². The summed E-state index contributed by atoms with van der Waals surface area (Å²) in [4.78, 5) is 0.160. The summed E-state index contributed by atoms with van der Waals surface area (Å²) in [6.07, 6.45) is 3.23. The van der Waals surface area contributed by atoms with Crippen molar-refractivity contribution in [2.24, 2.45) is 0 Å². The van der Waals surface area contributed by atoms with Crippen molar-refractivity contribution in [1.82, 2.24) is 4.72 Å². The molecule has 1 aromatic rings. The van der Waals surface area contributed by atoms with Crippen LogP contribution in [0.3, 0.4) is 0 Å². The predicted octanol–water partition coefficient (Wildman–Crippen LogP) is 1.16. The molecule has 0 atom stereocenters. The molecule has 0 spiro atoms. The van der Waals surface area contributed by atoms with Crippen molar-refractivity contribution >= 4 is 21.4 Å². The summed E-state index contributed by atoms with van der Waals surface area (Å²) in [5.41, 5.74) is 6.93. The smallest absolute Gasteiger partial charge is 0.240 e. The van der Waals surface area contributed by atoms with E-state index < -0.39 is 10.0 Å². The number of nitrogens with two attached hydrogens (primary N) is 1. The molecule has 0 radical (unpaired) electrons. The maximum atomic E-state index is 11.7. The number of anilines is 2. The first-order chi connectivity index (χ1) is 9.42. The fourth-order valence-corrected chi connectivity index (χ4v) is 3.03. The van der Waals surface area contributed by atoms with Crippen LogP contribution in [0.25, 0.3) is 0 Å². The molecule has 7 heteroatoms. The zero-order valence-corrected chi connectivity index (χ0v) is 12.6. The molecule has 0 aliphatic heterocycles. The Bertz CT molecular complexity index is 577. The van der Waals surface area contributed by atoms with Crippen LogP contribution in [0.5, 0.6) is 0 Å². The molecule has 0 aromatic heterocycles. The molecular weight excluding hydrogens is 278 g/mol. The van der Waals surface area contributed by atoms with Crippen molar-refractivity contribution in [3.8, 4) is 0 Å². The van der Waals surface area contributed by atoms with Crippen LogP contribution in [-0.2, 0) is 14.8 Å². The van der Waals surface area contributed by atoms with Gasteiger partial charge in [-0.2, -0.15) is 0 Å². The molecule has 0 amide bonds. The Balaban J connectivity index is 2.10. The Kier molecular flexibility index (Phi) is 4.22. The van der Waals surface area contributed by atoms with Gasteiger partial charge in [0.2, 0.25) is 10.0 Å². The number of methoxy groups -OCH3 is 1. The lowest BCUT2D eigenvalue weighted by atomic mass is 9.80. The standard InChI is InChI=1S/C13H21N3O3S/c1-15-20(17,18)10-4-5-12(11(14)8-10)16-9-13(19-2)6-3-7-13/h4-5,8,15-16H,3,6-7,9,14H2,1-2H3. The number of nitrogen functional groups attached to an aromatic ring is 1. The van der Waals surface area contributed by atoms with E-state index in [1.165, 1.54) is 25.6 Å². The van der Waals surface area contributed by atoms with Crippen molar-refractivity contribution in [2.45, 2.75) is 29.8 Å². The number of sulfonamides is 1. The second kappa shape index (κ2) is 5.59. The van der Waals surface area contributed by atoms with Crippen LogP contribution in [0.4, 0.5) is 11.4 Å². The Morgan fingerprint density at radius 2 is 2.10 bits per heavy atom. The number of ether oxygens (including phenoxy) is 1. The number of benzene rings is 1. The average molecular weight is 299 g/mol. The average Bonchev–Trinajstić information content (AvgIpc) is 2.39. The second-order valence-corrected chi connectivity index (χ2v) is 6.94. The normalized spacial score (nSPS) is 17.5. The van der Waals surface area contributed by atoms with E-state index >= 15 is 0 Å². The highest BCUT2D eigenvalue weighted by Crippen LogP contribution is 2.35. The van der Waals surface area contributed by atoms with E-state index in [-0.39, 0.29) is 10.5 Å². The third-order valence-electron chi connectivity index (χ3n) is 3.90. The molecule has 0 heterocycles. The van der Waals surface area contributed by atoms with Crippen LogP contribution >= 0.6 is 0 Å². The highest BCUT2D eigenvalue weighted by Gasteiger charge is 2.36. The van der Waals surface area contributed by atoms with Crippen LogP contribution in [0.1, 0.15) is 19.3 Å². The molecule has 4 N–H and O–H groups in total. The molecule has 2 rings (SSSR count). The minimum Gasteiger partial charge on any atom is -0.397 e. The molecule has 20 heavy (non-hydrogen) atoms. The number of rotatable bonds is 6. The zero-order valence-electron chi connectivity index (χ0n) is 11.8. The first-order valence-electron chi connectivity index (χ1n) is 6.54. The van der Waals surface area contributed by atoms with Crippen LogP contribution in [0, 0.1) is 0 Å². The van der Waals surface area contributed by atoms with Crippen molar-refractivity contribution < 1.29 is 13.2 Å². The summed E-state index contributed by atoms with van der Waals surface area (Å²) in [7, 11) is -0.375. The number of hydrogen-bond donors (Lipinski definition) is 3. The van der Waals surface area contributed by atoms with Gasteiger partial charge in [-0.15, -0.1) is 0 Å². The van der Waals surface area contributed by atoms with Crippen molar-refractivity contribution in [2.75, 3.05) is 31.8 Å². The highest BCUT2D eigenvalue weighted by molar-refractivity contribution is 7.89. The van der Waals surface area contributed by atoms with E-state index in [9.17, 15) is 8.42 Å². The minimum atomic E-state index is -3.46. The molecule has 0 bridgehead atoms. The predicted molar refractivity (Wildman–Crippen MR) is 79.2 cm³/mol. The van der Waals surface area contributed by atoms with Gasteiger partial charge >= 0.3 is 0 Å². The van der Waals surface area contributed by atoms with Crippen molar-refractivity contribution in [1.29, 1.82) is 0 Å². The summed E-state index contributed by atoms with van der Waals surface area (Å²) >= 11 is 0. The molecule has 1 aliphatic rings. The van der Waals surface area contributed by atoms with Gasteiger partial charge in [0.05, 0.1) is 21.9 Å². The van der Waals surface area contributed by atoms with E-state index in [0.717, 1.165) is 18.5 Å². The Hall–Kier alpha value is -1.31. The summed E-state index contributed by atoms with van der Waals surface area (Å²) < 4.78 is 31.1. The van der Waals surface area contributed by atoms with Crippen LogP contribution in [0.15, 0.2) is 23.1 Å². The van der Waals surface area contributed by atoms with Crippen LogP contribution in [0.2, 0.25) is 0 Å². The first-order valence-corrected chi connectivity index (χ1v) is 8.03. The molecule has 1 fully saturated rings. The van der Waals surface area contributed by atoms with Gasteiger partial charge in [-0.05, 0) is 44.5 Å². The number of hydrogen-bond acceptors (Lipinski definition) is 5. The fraction of sp³-hybridized carbons (Fsp3) is 0.538. The summed E-state index contributed by atoms with van der Waals surface area (Å²) in [6, 6.07) is 4.67. The van der Waals surface area contributed by atoms with Gasteiger partial charge in [0.1, 0.15) is 0 Å². The molecule has 6 nitrogen and oxygen atoms in total. The topological polar surface area (TPSA) is 93.5 Å². The maximum Gasteiger partial charge on any atom is 0.240 e. The Labute approximate surface area is 119 Å². The van der Waals surface area contributed by atoms with Gasteiger partial charge in [-0.25, -0.2) is 13.1 Å². The lowest BCUT2D eigenvalue weighted by molar-refractivity contribution is -0.0601. The van der Waals surface area contributed by atoms with E-state index in [1.54, 1.807) is 13.2 Å². The van der Waals surface area contributed by atoms with Gasteiger partial charge in [0, 0.05) is 13.7 Å². The van der Waals surface area contributed by atoms with Gasteiger partial charge in [-0.1, -0.05) is 0 Å². The van der Waals surface area contributed by atoms with Gasteiger partial charge in [0.25, 0.3) is 0 Å². The van der Waals surface area contributed by atoms with Gasteiger partial charge in [0.15, 0.2) is 0 Å². The Morgan fingerprint density at radius 3 is 2.55 bits per heavy atom. The SMILES string of the molecule is CNS(=O)(=O)c1ccc(NCC2(OC)CCC2)c(N)c1. The van der Waals surface area contributed by atoms with E-state index in [1.807, 2.05) is 0 Å². The van der Waals surface area contributed by atoms with Gasteiger partial charge in [-0.3, -0.25) is 0 Å². The Morgan fingerprint density at radius 1 is 1.40 bits per heavy atom. The molecule has 0 unspecified atom stereocenters. The lowest BCUT2D eigenvalue weighted by Crippen LogP contribution is -2.45. The molecule has 112 valence electrons. The molecule has 1 saturated carbocycles. The van der Waals surface area contributed by atoms with E-state index in [4.69, 9.17) is 10.5 Å². The quantitative estimate of drug-likeness (QED) is 0.685. The summed E-state index contributed by atoms with van der Waals surface area (Å²) in [6.45, 7) is 0.672. The summed E-state index contributed by atoms with van der Waals surface area (Å²) in [5.74, 6) is 0. The van der Waals surface area contributed by atoms with Crippen LogP contribution < -0.4 is 15.8 Å². The first kappa shape index (κ1) is 15.1. The fourth-order valence-electron chi connectivity index (χ4n) is 2.27. The molecular formula is C13H21N3O3S. The lowest BCUT2D eigenvalue weighted by Gasteiger charge is -2.40. The molecule has 1 aromatic carbocycles.